The minimum Gasteiger partial charge on any atom is -0.405 e. The van der Waals surface area contributed by atoms with Crippen LogP contribution in [0, 0.1) is 0 Å². The van der Waals surface area contributed by atoms with Crippen LogP contribution >= 0.6 is 0 Å². The summed E-state index contributed by atoms with van der Waals surface area (Å²) in [7, 11) is 1.40. The number of hydrogen-bond acceptors (Lipinski definition) is 4. The summed E-state index contributed by atoms with van der Waals surface area (Å²) in [6.07, 6.45) is -4.82. The van der Waals surface area contributed by atoms with Gasteiger partial charge in [0.25, 0.3) is 11.5 Å². The van der Waals surface area contributed by atoms with Gasteiger partial charge in [-0.1, -0.05) is 18.2 Å². The molecule has 6 nitrogen and oxygen atoms in total. The first-order chi connectivity index (χ1) is 10.8. The van der Waals surface area contributed by atoms with Gasteiger partial charge in [0.05, 0.1) is 0 Å². The van der Waals surface area contributed by atoms with Gasteiger partial charge in [0.2, 0.25) is 0 Å². The Morgan fingerprint density at radius 1 is 1.26 bits per heavy atom. The highest BCUT2D eigenvalue weighted by Crippen LogP contribution is 2.27. The van der Waals surface area contributed by atoms with Crippen LogP contribution in [0.15, 0.2) is 41.2 Å². The summed E-state index contributed by atoms with van der Waals surface area (Å²) in [5, 5.41) is 5.70. The van der Waals surface area contributed by atoms with Crippen molar-refractivity contribution in [2.45, 2.75) is 12.9 Å². The lowest BCUT2D eigenvalue weighted by molar-refractivity contribution is -0.274. The van der Waals surface area contributed by atoms with E-state index in [4.69, 9.17) is 0 Å². The maximum Gasteiger partial charge on any atom is 0.573 e. The number of rotatable bonds is 4. The third-order valence-corrected chi connectivity index (χ3v) is 2.85. The van der Waals surface area contributed by atoms with Crippen LogP contribution < -0.4 is 10.3 Å². The lowest BCUT2D eigenvalue weighted by Crippen LogP contribution is -2.28. The molecule has 0 fully saturated rings. The molecular weight excluding hydrogens is 315 g/mol. The second-order valence-corrected chi connectivity index (χ2v) is 4.62. The SMILES string of the molecule is CN(Cc1ccccc1OC(F)(F)F)C(=O)c1ccc(=O)[nH]n1. The zero-order chi connectivity index (χ0) is 17.0. The molecule has 0 spiro atoms. The molecule has 1 amide bonds. The van der Waals surface area contributed by atoms with Gasteiger partial charge in [0.1, 0.15) is 11.4 Å². The fraction of sp³-hybridized carbons (Fsp3) is 0.214. The molecule has 0 saturated heterocycles. The average Bonchev–Trinajstić information content (AvgIpc) is 2.48. The van der Waals surface area contributed by atoms with E-state index in [1.54, 1.807) is 0 Å². The molecule has 0 aliphatic carbocycles. The summed E-state index contributed by atoms with van der Waals surface area (Å²) in [4.78, 5) is 24.2. The van der Waals surface area contributed by atoms with E-state index >= 15 is 0 Å². The molecule has 1 aromatic carbocycles. The van der Waals surface area contributed by atoms with E-state index in [0.29, 0.717) is 0 Å². The second-order valence-electron chi connectivity index (χ2n) is 4.62. The molecule has 0 radical (unpaired) electrons. The Morgan fingerprint density at radius 3 is 2.57 bits per heavy atom. The van der Waals surface area contributed by atoms with Crippen molar-refractivity contribution in [1.82, 2.24) is 15.1 Å². The summed E-state index contributed by atoms with van der Waals surface area (Å²) in [5.74, 6) is -0.933. The number of hydrogen-bond donors (Lipinski definition) is 1. The maximum atomic E-state index is 12.4. The van der Waals surface area contributed by atoms with Crippen LogP contribution in [0.2, 0.25) is 0 Å². The van der Waals surface area contributed by atoms with Gasteiger partial charge in [0, 0.05) is 25.2 Å². The molecule has 1 aromatic heterocycles. The lowest BCUT2D eigenvalue weighted by atomic mass is 10.2. The van der Waals surface area contributed by atoms with Crippen LogP contribution in [0.1, 0.15) is 16.1 Å². The predicted molar refractivity (Wildman–Crippen MR) is 73.8 cm³/mol. The number of nitrogens with zero attached hydrogens (tertiary/aromatic N) is 2. The quantitative estimate of drug-likeness (QED) is 0.931. The van der Waals surface area contributed by atoms with Crippen molar-refractivity contribution < 1.29 is 22.7 Å². The molecular formula is C14H12F3N3O3. The van der Waals surface area contributed by atoms with Crippen LogP contribution in [0.3, 0.4) is 0 Å². The van der Waals surface area contributed by atoms with Gasteiger partial charge in [-0.15, -0.1) is 13.2 Å². The largest absolute Gasteiger partial charge is 0.573 e. The summed E-state index contributed by atoms with van der Waals surface area (Å²) < 4.78 is 41.1. The van der Waals surface area contributed by atoms with E-state index in [1.807, 2.05) is 0 Å². The van der Waals surface area contributed by atoms with Crippen LogP contribution in [-0.4, -0.2) is 34.4 Å². The van der Waals surface area contributed by atoms with Crippen molar-refractivity contribution >= 4 is 5.91 Å². The Hall–Kier alpha value is -2.84. The normalized spacial score (nSPS) is 11.1. The minimum atomic E-state index is -4.82. The number of amides is 1. The van der Waals surface area contributed by atoms with Gasteiger partial charge < -0.3 is 9.64 Å². The molecule has 2 rings (SSSR count). The third kappa shape index (κ3) is 4.56. The Balaban J connectivity index is 2.17. The standard InChI is InChI=1S/C14H12F3N3O3/c1-20(13(22)10-6-7-12(21)19-18-10)8-9-4-2-3-5-11(9)23-14(15,16)17/h2-7H,8H2,1H3,(H,19,21). The van der Waals surface area contributed by atoms with Gasteiger partial charge >= 0.3 is 6.36 Å². The number of carbonyl (C=O) groups is 1. The summed E-state index contributed by atoms with van der Waals surface area (Å²) in [6.45, 7) is -0.119. The average molecular weight is 327 g/mol. The third-order valence-electron chi connectivity index (χ3n) is 2.85. The highest BCUT2D eigenvalue weighted by molar-refractivity contribution is 5.91. The van der Waals surface area contributed by atoms with Gasteiger partial charge in [-0.05, 0) is 12.1 Å². The Labute approximate surface area is 128 Å². The first kappa shape index (κ1) is 16.5. The molecule has 9 heteroatoms. The zero-order valence-corrected chi connectivity index (χ0v) is 11.9. The highest BCUT2D eigenvalue weighted by Gasteiger charge is 2.32. The highest BCUT2D eigenvalue weighted by atomic mass is 19.4. The van der Waals surface area contributed by atoms with Crippen LogP contribution in [0.5, 0.6) is 5.75 Å². The van der Waals surface area contributed by atoms with E-state index in [2.05, 4.69) is 14.9 Å². The number of ether oxygens (including phenoxy) is 1. The van der Waals surface area contributed by atoms with Crippen LogP contribution in [0.25, 0.3) is 0 Å². The Morgan fingerprint density at radius 2 is 1.96 bits per heavy atom. The molecule has 0 bridgehead atoms. The van der Waals surface area contributed by atoms with Crippen molar-refractivity contribution in [2.24, 2.45) is 0 Å². The first-order valence-corrected chi connectivity index (χ1v) is 6.41. The van der Waals surface area contributed by atoms with Gasteiger partial charge in [-0.2, -0.15) is 5.10 Å². The molecule has 0 saturated carbocycles. The smallest absolute Gasteiger partial charge is 0.405 e. The molecule has 1 N–H and O–H groups in total. The summed E-state index contributed by atoms with van der Waals surface area (Å²) in [5.41, 5.74) is -0.306. The number of alkyl halides is 3. The molecule has 2 aromatic rings. The first-order valence-electron chi connectivity index (χ1n) is 6.41. The Kier molecular flexibility index (Phi) is 4.68. The maximum absolute atomic E-state index is 12.4. The fourth-order valence-corrected chi connectivity index (χ4v) is 1.85. The number of aromatic amines is 1. The van der Waals surface area contributed by atoms with E-state index in [-0.39, 0.29) is 23.6 Å². The van der Waals surface area contributed by atoms with E-state index in [9.17, 15) is 22.8 Å². The number of benzene rings is 1. The summed E-state index contributed by atoms with van der Waals surface area (Å²) in [6, 6.07) is 7.89. The van der Waals surface area contributed by atoms with Gasteiger partial charge in [0.15, 0.2) is 0 Å². The molecule has 0 aliphatic rings. The van der Waals surface area contributed by atoms with E-state index in [1.165, 1.54) is 42.3 Å². The number of H-pyrrole nitrogens is 1. The van der Waals surface area contributed by atoms with E-state index < -0.39 is 17.8 Å². The van der Waals surface area contributed by atoms with Crippen molar-refractivity contribution in [3.8, 4) is 5.75 Å². The number of aromatic nitrogens is 2. The molecule has 0 unspecified atom stereocenters. The molecule has 0 atom stereocenters. The fourth-order valence-electron chi connectivity index (χ4n) is 1.85. The zero-order valence-electron chi connectivity index (χ0n) is 11.9. The Bertz CT molecular complexity index is 738. The molecule has 1 heterocycles. The van der Waals surface area contributed by atoms with E-state index in [0.717, 1.165) is 6.07 Å². The molecule has 0 aliphatic heterocycles. The van der Waals surface area contributed by atoms with Gasteiger partial charge in [-0.3, -0.25) is 9.59 Å². The van der Waals surface area contributed by atoms with Gasteiger partial charge in [-0.25, -0.2) is 5.10 Å². The van der Waals surface area contributed by atoms with Crippen molar-refractivity contribution in [3.63, 3.8) is 0 Å². The summed E-state index contributed by atoms with van der Waals surface area (Å²) >= 11 is 0. The van der Waals surface area contributed by atoms with Crippen molar-refractivity contribution in [3.05, 3.63) is 58.0 Å². The predicted octanol–water partition coefficient (Wildman–Crippen LogP) is 1.94. The van der Waals surface area contributed by atoms with Crippen molar-refractivity contribution in [1.29, 1.82) is 0 Å². The topological polar surface area (TPSA) is 75.3 Å². The number of halogens is 3. The van der Waals surface area contributed by atoms with Crippen LogP contribution in [0.4, 0.5) is 13.2 Å². The number of para-hydroxylation sites is 1. The molecule has 122 valence electrons. The lowest BCUT2D eigenvalue weighted by Gasteiger charge is -2.19. The van der Waals surface area contributed by atoms with Crippen LogP contribution in [-0.2, 0) is 6.54 Å². The number of nitrogens with one attached hydrogen (secondary N) is 1. The number of carbonyl (C=O) groups excluding carboxylic acids is 1. The van der Waals surface area contributed by atoms with Crippen molar-refractivity contribution in [2.75, 3.05) is 7.05 Å². The monoisotopic (exact) mass is 327 g/mol. The molecule has 23 heavy (non-hydrogen) atoms. The minimum absolute atomic E-state index is 0.0266. The second kappa shape index (κ2) is 6.51.